The SMILES string of the molecule is COc1ccc2nnc(C3CCN(Cc4ccno4)CC3)n2n1. The molecule has 1 aliphatic heterocycles. The molecule has 0 unspecified atom stereocenters. The van der Waals surface area contributed by atoms with Crippen LogP contribution in [0.25, 0.3) is 5.65 Å². The van der Waals surface area contributed by atoms with Crippen LogP contribution in [0.2, 0.25) is 0 Å². The Bertz CT molecular complexity index is 776. The quantitative estimate of drug-likeness (QED) is 0.721. The highest BCUT2D eigenvalue weighted by Crippen LogP contribution is 2.27. The van der Waals surface area contributed by atoms with Crippen molar-refractivity contribution in [1.82, 2.24) is 29.9 Å². The summed E-state index contributed by atoms with van der Waals surface area (Å²) in [5.74, 6) is 2.75. The lowest BCUT2D eigenvalue weighted by molar-refractivity contribution is 0.181. The van der Waals surface area contributed by atoms with Crippen LogP contribution < -0.4 is 4.74 Å². The number of hydrogen-bond donors (Lipinski definition) is 0. The second kappa shape index (κ2) is 5.96. The first-order valence-electron chi connectivity index (χ1n) is 7.72. The van der Waals surface area contributed by atoms with E-state index < -0.39 is 0 Å². The molecule has 1 fully saturated rings. The smallest absolute Gasteiger partial charge is 0.231 e. The number of likely N-dealkylation sites (tertiary alicyclic amines) is 1. The van der Waals surface area contributed by atoms with E-state index >= 15 is 0 Å². The molecular formula is C15H18N6O2. The lowest BCUT2D eigenvalue weighted by Crippen LogP contribution is -2.33. The topological polar surface area (TPSA) is 81.6 Å². The lowest BCUT2D eigenvalue weighted by Gasteiger charge is -2.30. The van der Waals surface area contributed by atoms with Crippen LogP contribution in [0.15, 0.2) is 28.9 Å². The summed E-state index contributed by atoms with van der Waals surface area (Å²) < 4.78 is 12.2. The molecule has 3 aromatic heterocycles. The van der Waals surface area contributed by atoms with Crippen molar-refractivity contribution in [2.24, 2.45) is 0 Å². The Morgan fingerprint density at radius 3 is 2.83 bits per heavy atom. The van der Waals surface area contributed by atoms with E-state index in [-0.39, 0.29) is 0 Å². The molecule has 0 saturated carbocycles. The predicted molar refractivity (Wildman–Crippen MR) is 81.1 cm³/mol. The largest absolute Gasteiger partial charge is 0.480 e. The summed E-state index contributed by atoms with van der Waals surface area (Å²) >= 11 is 0. The van der Waals surface area contributed by atoms with Gasteiger partial charge in [-0.2, -0.15) is 4.52 Å². The standard InChI is InChI=1S/C15H18N6O2/c1-22-14-3-2-13-17-18-15(21(13)19-14)11-5-8-20(9-6-11)10-12-4-7-16-23-12/h2-4,7,11H,5-6,8-10H2,1H3. The van der Waals surface area contributed by atoms with Crippen molar-refractivity contribution in [3.05, 3.63) is 36.0 Å². The van der Waals surface area contributed by atoms with E-state index in [1.807, 2.05) is 12.1 Å². The van der Waals surface area contributed by atoms with Crippen molar-refractivity contribution in [1.29, 1.82) is 0 Å². The Morgan fingerprint density at radius 2 is 2.09 bits per heavy atom. The van der Waals surface area contributed by atoms with E-state index in [1.165, 1.54) is 0 Å². The fourth-order valence-corrected chi connectivity index (χ4v) is 3.05. The Labute approximate surface area is 133 Å². The van der Waals surface area contributed by atoms with Crippen molar-refractivity contribution < 1.29 is 9.26 Å². The first-order valence-corrected chi connectivity index (χ1v) is 7.72. The fraction of sp³-hybridized carbons (Fsp3) is 0.467. The summed E-state index contributed by atoms with van der Waals surface area (Å²) in [5.41, 5.74) is 0.755. The van der Waals surface area contributed by atoms with Gasteiger partial charge in [0.1, 0.15) is 0 Å². The molecule has 1 aliphatic rings. The van der Waals surface area contributed by atoms with Gasteiger partial charge in [0.2, 0.25) is 5.88 Å². The van der Waals surface area contributed by atoms with Crippen molar-refractivity contribution >= 4 is 5.65 Å². The van der Waals surface area contributed by atoms with Crippen LogP contribution in [0.4, 0.5) is 0 Å². The van der Waals surface area contributed by atoms with Crippen LogP contribution >= 0.6 is 0 Å². The van der Waals surface area contributed by atoms with Crippen molar-refractivity contribution in [2.75, 3.05) is 20.2 Å². The van der Waals surface area contributed by atoms with Gasteiger partial charge in [0, 0.05) is 18.1 Å². The highest BCUT2D eigenvalue weighted by molar-refractivity contribution is 5.38. The van der Waals surface area contributed by atoms with Gasteiger partial charge in [-0.15, -0.1) is 15.3 Å². The summed E-state index contributed by atoms with van der Waals surface area (Å²) in [6.07, 6.45) is 3.73. The number of rotatable bonds is 4. The Hall–Kier alpha value is -2.48. The summed E-state index contributed by atoms with van der Waals surface area (Å²) in [6.45, 7) is 2.79. The summed E-state index contributed by atoms with van der Waals surface area (Å²) in [6, 6.07) is 5.59. The minimum atomic E-state index is 0.357. The van der Waals surface area contributed by atoms with E-state index in [1.54, 1.807) is 23.9 Å². The molecule has 8 nitrogen and oxygen atoms in total. The average molecular weight is 314 g/mol. The van der Waals surface area contributed by atoms with Gasteiger partial charge < -0.3 is 9.26 Å². The fourth-order valence-electron chi connectivity index (χ4n) is 3.05. The molecule has 4 heterocycles. The minimum absolute atomic E-state index is 0.357. The third kappa shape index (κ3) is 2.77. The molecule has 0 aromatic carbocycles. The van der Waals surface area contributed by atoms with Gasteiger partial charge in [-0.1, -0.05) is 5.16 Å². The zero-order valence-electron chi connectivity index (χ0n) is 12.9. The molecule has 4 rings (SSSR count). The van der Waals surface area contributed by atoms with E-state index in [4.69, 9.17) is 9.26 Å². The van der Waals surface area contributed by atoms with Crippen LogP contribution in [0.3, 0.4) is 0 Å². The van der Waals surface area contributed by atoms with Crippen LogP contribution in [0, 0.1) is 0 Å². The van der Waals surface area contributed by atoms with E-state index in [2.05, 4.69) is 25.4 Å². The van der Waals surface area contributed by atoms with Gasteiger partial charge in [0.05, 0.1) is 19.9 Å². The average Bonchev–Trinajstić information content (AvgIpc) is 3.24. The maximum absolute atomic E-state index is 5.20. The van der Waals surface area contributed by atoms with Gasteiger partial charge in [-0.05, 0) is 32.0 Å². The molecule has 8 heteroatoms. The molecule has 0 aliphatic carbocycles. The minimum Gasteiger partial charge on any atom is -0.480 e. The second-order valence-electron chi connectivity index (χ2n) is 5.73. The zero-order valence-corrected chi connectivity index (χ0v) is 12.9. The van der Waals surface area contributed by atoms with Gasteiger partial charge >= 0.3 is 0 Å². The van der Waals surface area contributed by atoms with Crippen LogP contribution in [-0.4, -0.2) is 50.1 Å². The second-order valence-corrected chi connectivity index (χ2v) is 5.73. The van der Waals surface area contributed by atoms with Gasteiger partial charge in [0.25, 0.3) is 0 Å². The molecular weight excluding hydrogens is 296 g/mol. The van der Waals surface area contributed by atoms with E-state index in [0.29, 0.717) is 11.8 Å². The summed E-state index contributed by atoms with van der Waals surface area (Å²) in [7, 11) is 1.61. The first kappa shape index (κ1) is 14.1. The highest BCUT2D eigenvalue weighted by atomic mass is 16.5. The lowest BCUT2D eigenvalue weighted by atomic mass is 9.96. The van der Waals surface area contributed by atoms with E-state index in [0.717, 1.165) is 49.7 Å². The monoisotopic (exact) mass is 314 g/mol. The summed E-state index contributed by atoms with van der Waals surface area (Å²) in [4.78, 5) is 2.37. The van der Waals surface area contributed by atoms with Gasteiger partial charge in [-0.3, -0.25) is 4.90 Å². The van der Waals surface area contributed by atoms with Crippen LogP contribution in [0.1, 0.15) is 30.3 Å². The molecule has 3 aromatic rings. The first-order chi connectivity index (χ1) is 11.3. The molecule has 0 radical (unpaired) electrons. The number of methoxy groups -OCH3 is 1. The Morgan fingerprint density at radius 1 is 1.22 bits per heavy atom. The molecule has 0 atom stereocenters. The summed E-state index contributed by atoms with van der Waals surface area (Å²) in [5, 5.41) is 16.7. The highest BCUT2D eigenvalue weighted by Gasteiger charge is 2.25. The molecule has 0 N–H and O–H groups in total. The third-order valence-corrected chi connectivity index (χ3v) is 4.30. The molecule has 1 saturated heterocycles. The predicted octanol–water partition coefficient (Wildman–Crippen LogP) is 1.50. The van der Waals surface area contributed by atoms with Gasteiger partial charge in [-0.25, -0.2) is 0 Å². The van der Waals surface area contributed by atoms with Crippen molar-refractivity contribution in [3.63, 3.8) is 0 Å². The number of ether oxygens (including phenoxy) is 1. The van der Waals surface area contributed by atoms with Crippen molar-refractivity contribution in [2.45, 2.75) is 25.3 Å². The van der Waals surface area contributed by atoms with Crippen LogP contribution in [0.5, 0.6) is 5.88 Å². The maximum Gasteiger partial charge on any atom is 0.231 e. The number of piperidine rings is 1. The van der Waals surface area contributed by atoms with Gasteiger partial charge in [0.15, 0.2) is 17.2 Å². The molecule has 0 spiro atoms. The molecule has 23 heavy (non-hydrogen) atoms. The Balaban J connectivity index is 1.47. The number of hydrogen-bond acceptors (Lipinski definition) is 7. The third-order valence-electron chi connectivity index (χ3n) is 4.30. The Kier molecular flexibility index (Phi) is 3.66. The number of fused-ring (bicyclic) bond motifs is 1. The normalized spacial score (nSPS) is 16.9. The molecule has 0 amide bonds. The van der Waals surface area contributed by atoms with Crippen LogP contribution in [-0.2, 0) is 6.54 Å². The maximum atomic E-state index is 5.20. The number of nitrogens with zero attached hydrogens (tertiary/aromatic N) is 6. The van der Waals surface area contributed by atoms with Crippen molar-refractivity contribution in [3.8, 4) is 5.88 Å². The van der Waals surface area contributed by atoms with E-state index in [9.17, 15) is 0 Å². The zero-order chi connectivity index (χ0) is 15.6. The number of aromatic nitrogens is 5. The molecule has 120 valence electrons. The molecule has 0 bridgehead atoms.